The van der Waals surface area contributed by atoms with Crippen LogP contribution in [0.25, 0.3) is 10.7 Å². The Hall–Kier alpha value is -1.13. The molecule has 2 rings (SSSR count). The Morgan fingerprint density at radius 3 is 2.67 bits per heavy atom. The lowest BCUT2D eigenvalue weighted by atomic mass is 10.1. The Morgan fingerprint density at radius 2 is 2.11 bits per heavy atom. The van der Waals surface area contributed by atoms with E-state index in [1.54, 1.807) is 11.3 Å². The molecule has 0 fully saturated rings. The summed E-state index contributed by atoms with van der Waals surface area (Å²) in [4.78, 5) is 10.1. The molecule has 18 heavy (non-hydrogen) atoms. The molecule has 3 nitrogen and oxygen atoms in total. The molecule has 0 spiro atoms. The molecule has 0 aliphatic carbocycles. The summed E-state index contributed by atoms with van der Waals surface area (Å²) < 4.78 is 0. The molecule has 0 amide bonds. The van der Waals surface area contributed by atoms with Crippen molar-refractivity contribution in [1.82, 2.24) is 9.97 Å². The Kier molecular flexibility index (Phi) is 4.19. The number of nitrogens with one attached hydrogen (secondary N) is 1. The van der Waals surface area contributed by atoms with E-state index in [9.17, 15) is 0 Å². The lowest BCUT2D eigenvalue weighted by molar-refractivity contribution is 0.635. The molecule has 96 valence electrons. The second-order valence-electron chi connectivity index (χ2n) is 4.55. The summed E-state index contributed by atoms with van der Waals surface area (Å²) >= 11 is 7.51. The molecule has 0 unspecified atom stereocenters. The van der Waals surface area contributed by atoms with Crippen molar-refractivity contribution >= 4 is 28.8 Å². The smallest absolute Gasteiger partial charge is 0.171 e. The van der Waals surface area contributed by atoms with Crippen LogP contribution in [0.2, 0.25) is 5.02 Å². The Bertz CT molecular complexity index is 537. The minimum Gasteiger partial charge on any atom is -0.373 e. The average molecular weight is 282 g/mol. The molecule has 0 saturated heterocycles. The van der Waals surface area contributed by atoms with Crippen molar-refractivity contribution < 1.29 is 0 Å². The number of aromatic nitrogens is 2. The van der Waals surface area contributed by atoms with Crippen LogP contribution in [0.1, 0.15) is 19.5 Å². The Labute approximate surface area is 116 Å². The van der Waals surface area contributed by atoms with Gasteiger partial charge in [-0.1, -0.05) is 25.4 Å². The maximum absolute atomic E-state index is 5.95. The molecule has 2 heterocycles. The highest BCUT2D eigenvalue weighted by atomic mass is 35.5. The van der Waals surface area contributed by atoms with Crippen LogP contribution >= 0.6 is 22.9 Å². The van der Waals surface area contributed by atoms with E-state index in [1.807, 2.05) is 24.6 Å². The van der Waals surface area contributed by atoms with E-state index in [-0.39, 0.29) is 0 Å². The maximum Gasteiger partial charge on any atom is 0.171 e. The maximum atomic E-state index is 5.95. The zero-order chi connectivity index (χ0) is 13.1. The SMILES string of the molecule is CNc1cc(CC(C)C)nc(-c2cc(Cl)cs2)n1. The lowest BCUT2D eigenvalue weighted by Crippen LogP contribution is -2.03. The van der Waals surface area contributed by atoms with E-state index in [0.717, 1.165) is 33.7 Å². The molecule has 1 N–H and O–H groups in total. The minimum atomic E-state index is 0.573. The summed E-state index contributed by atoms with van der Waals surface area (Å²) in [5.74, 6) is 2.17. The zero-order valence-electron chi connectivity index (χ0n) is 10.7. The van der Waals surface area contributed by atoms with E-state index in [4.69, 9.17) is 11.6 Å². The molecule has 0 saturated carbocycles. The highest BCUT2D eigenvalue weighted by Crippen LogP contribution is 2.28. The van der Waals surface area contributed by atoms with Crippen LogP contribution in [0, 0.1) is 5.92 Å². The molecule has 2 aromatic heterocycles. The first-order valence-electron chi connectivity index (χ1n) is 5.88. The normalized spacial score (nSPS) is 10.9. The molecule has 0 aliphatic rings. The standard InChI is InChI=1S/C13H16ClN3S/c1-8(2)4-10-6-12(15-3)17-13(16-10)11-5-9(14)7-18-11/h5-8H,4H2,1-3H3,(H,15,16,17). The quantitative estimate of drug-likeness (QED) is 0.917. The predicted molar refractivity (Wildman–Crippen MR) is 78.4 cm³/mol. The topological polar surface area (TPSA) is 37.8 Å². The van der Waals surface area contributed by atoms with Crippen molar-refractivity contribution in [2.75, 3.05) is 12.4 Å². The summed E-state index contributed by atoms with van der Waals surface area (Å²) in [5.41, 5.74) is 1.06. The van der Waals surface area contributed by atoms with Crippen LogP contribution in [0.4, 0.5) is 5.82 Å². The van der Waals surface area contributed by atoms with Crippen LogP contribution in [0.3, 0.4) is 0 Å². The molecule has 5 heteroatoms. The first kappa shape index (κ1) is 13.3. The van der Waals surface area contributed by atoms with Gasteiger partial charge >= 0.3 is 0 Å². The highest BCUT2D eigenvalue weighted by Gasteiger charge is 2.09. The number of halogens is 1. The fourth-order valence-electron chi connectivity index (χ4n) is 1.69. The molecule has 2 aromatic rings. The average Bonchev–Trinajstić information content (AvgIpc) is 2.74. The third kappa shape index (κ3) is 3.21. The van der Waals surface area contributed by atoms with Gasteiger partial charge in [0.15, 0.2) is 5.82 Å². The largest absolute Gasteiger partial charge is 0.373 e. The van der Waals surface area contributed by atoms with Gasteiger partial charge in [-0.3, -0.25) is 0 Å². The van der Waals surface area contributed by atoms with E-state index >= 15 is 0 Å². The number of hydrogen-bond acceptors (Lipinski definition) is 4. The van der Waals surface area contributed by atoms with Crippen molar-refractivity contribution in [2.45, 2.75) is 20.3 Å². The molecule has 0 aromatic carbocycles. The number of hydrogen-bond donors (Lipinski definition) is 1. The van der Waals surface area contributed by atoms with Gasteiger partial charge in [0.25, 0.3) is 0 Å². The Balaban J connectivity index is 2.40. The molecule has 0 aliphatic heterocycles. The van der Waals surface area contributed by atoms with Gasteiger partial charge in [-0.25, -0.2) is 9.97 Å². The third-order valence-corrected chi connectivity index (χ3v) is 3.71. The summed E-state index contributed by atoms with van der Waals surface area (Å²) in [6.45, 7) is 4.37. The molecular weight excluding hydrogens is 266 g/mol. The van der Waals surface area contributed by atoms with Gasteiger partial charge in [-0.05, 0) is 18.4 Å². The van der Waals surface area contributed by atoms with Crippen LogP contribution in [0.15, 0.2) is 17.5 Å². The summed E-state index contributed by atoms with van der Waals surface area (Å²) in [7, 11) is 1.87. The first-order chi connectivity index (χ1) is 8.58. The van der Waals surface area contributed by atoms with E-state index < -0.39 is 0 Å². The van der Waals surface area contributed by atoms with Crippen molar-refractivity contribution in [3.63, 3.8) is 0 Å². The fraction of sp³-hybridized carbons (Fsp3) is 0.385. The summed E-state index contributed by atoms with van der Waals surface area (Å²) in [5, 5.41) is 5.71. The predicted octanol–water partition coefficient (Wildman–Crippen LogP) is 4.10. The van der Waals surface area contributed by atoms with Crippen molar-refractivity contribution in [1.29, 1.82) is 0 Å². The second-order valence-corrected chi connectivity index (χ2v) is 5.89. The monoisotopic (exact) mass is 281 g/mol. The highest BCUT2D eigenvalue weighted by molar-refractivity contribution is 7.14. The van der Waals surface area contributed by atoms with Gasteiger partial charge in [0.2, 0.25) is 0 Å². The van der Waals surface area contributed by atoms with Gasteiger partial charge in [0.1, 0.15) is 5.82 Å². The Morgan fingerprint density at radius 1 is 1.33 bits per heavy atom. The number of anilines is 1. The van der Waals surface area contributed by atoms with Gasteiger partial charge in [-0.2, -0.15) is 0 Å². The number of rotatable bonds is 4. The van der Waals surface area contributed by atoms with Gasteiger partial charge < -0.3 is 5.32 Å². The van der Waals surface area contributed by atoms with E-state index in [0.29, 0.717) is 5.92 Å². The van der Waals surface area contributed by atoms with Gasteiger partial charge in [0.05, 0.1) is 9.90 Å². The summed E-state index contributed by atoms with van der Waals surface area (Å²) in [6, 6.07) is 3.90. The van der Waals surface area contributed by atoms with Crippen LogP contribution in [-0.4, -0.2) is 17.0 Å². The molecule has 0 atom stereocenters. The minimum absolute atomic E-state index is 0.573. The molecule has 0 bridgehead atoms. The zero-order valence-corrected chi connectivity index (χ0v) is 12.3. The van der Waals surface area contributed by atoms with Crippen LogP contribution in [-0.2, 0) is 6.42 Å². The van der Waals surface area contributed by atoms with Gasteiger partial charge in [0, 0.05) is 24.2 Å². The van der Waals surface area contributed by atoms with Gasteiger partial charge in [-0.15, -0.1) is 11.3 Å². The third-order valence-electron chi connectivity index (χ3n) is 2.44. The fourth-order valence-corrected chi connectivity index (χ4v) is 2.70. The van der Waals surface area contributed by atoms with Crippen molar-refractivity contribution in [3.05, 3.63) is 28.2 Å². The van der Waals surface area contributed by atoms with Crippen LogP contribution in [0.5, 0.6) is 0 Å². The lowest BCUT2D eigenvalue weighted by Gasteiger charge is -2.08. The van der Waals surface area contributed by atoms with E-state index in [1.165, 1.54) is 0 Å². The summed E-state index contributed by atoms with van der Waals surface area (Å²) in [6.07, 6.45) is 0.948. The molecular formula is C13H16ClN3S. The first-order valence-corrected chi connectivity index (χ1v) is 7.14. The van der Waals surface area contributed by atoms with Crippen molar-refractivity contribution in [2.24, 2.45) is 5.92 Å². The molecule has 0 radical (unpaired) electrons. The van der Waals surface area contributed by atoms with E-state index in [2.05, 4.69) is 29.1 Å². The van der Waals surface area contributed by atoms with Crippen molar-refractivity contribution in [3.8, 4) is 10.7 Å². The number of nitrogens with zero attached hydrogens (tertiary/aromatic N) is 2. The second kappa shape index (κ2) is 5.67. The number of thiophene rings is 1. The van der Waals surface area contributed by atoms with Crippen LogP contribution < -0.4 is 5.32 Å².